The van der Waals surface area contributed by atoms with Crippen LogP contribution in [0.15, 0.2) is 127 Å². The van der Waals surface area contributed by atoms with Gasteiger partial charge in [-0.2, -0.15) is 39.5 Å². The SMILES string of the molecule is COc1cc(C(=O)N2CCC3(CC2)NC(C)(C)Cn2c(C(=O)C(F)(F)F)ccc23)ccc1OC(C)C.COc1cc(C(=O)N2CCC3(CC2)c2ccc(C(C)=O)n2CCN3C)ccc1COCCC(F)(F)F.O=C(c1ccc(Oc2ccccc2)cc1)N1CCC2(CC1)NCCn1c(C(F)(F)F)ccc12.[HH].[HH]. The summed E-state index contributed by atoms with van der Waals surface area (Å²) in [5, 5.41) is 7.05. The van der Waals surface area contributed by atoms with E-state index in [1.807, 2.05) is 75.1 Å². The molecule has 0 unspecified atom stereocenters. The number of benzene rings is 4. The summed E-state index contributed by atoms with van der Waals surface area (Å²) in [5.41, 5.74) is 2.35. The molecule has 3 amide bonds. The van der Waals surface area contributed by atoms with Crippen molar-refractivity contribution in [3.63, 3.8) is 0 Å². The van der Waals surface area contributed by atoms with Crippen LogP contribution in [0, 0.1) is 0 Å². The minimum Gasteiger partial charge on any atom is -0.496 e. The van der Waals surface area contributed by atoms with Gasteiger partial charge in [0.25, 0.3) is 23.5 Å². The van der Waals surface area contributed by atoms with Crippen molar-refractivity contribution in [3.05, 3.63) is 184 Å². The molecule has 0 aliphatic carbocycles. The predicted octanol–water partition coefficient (Wildman–Crippen LogP) is 14.3. The highest BCUT2D eigenvalue weighted by molar-refractivity contribution is 5.99. The molecule has 0 saturated carbocycles. The van der Waals surface area contributed by atoms with Crippen LogP contribution < -0.4 is 29.6 Å². The molecule has 3 aromatic heterocycles. The summed E-state index contributed by atoms with van der Waals surface area (Å²) in [6.45, 7) is 14.2. The third kappa shape index (κ3) is 16.8. The fourth-order valence-electron chi connectivity index (χ4n) is 15.6. The zero-order chi connectivity index (χ0) is 75.6. The van der Waals surface area contributed by atoms with Gasteiger partial charge in [-0.05, 0) is 176 Å². The third-order valence-electron chi connectivity index (χ3n) is 20.7. The van der Waals surface area contributed by atoms with E-state index in [4.69, 9.17) is 23.7 Å². The lowest BCUT2D eigenvalue weighted by Crippen LogP contribution is -2.63. The summed E-state index contributed by atoms with van der Waals surface area (Å²) >= 11 is 0. The summed E-state index contributed by atoms with van der Waals surface area (Å²) in [6.07, 6.45) is -11.0. The molecule has 7 aromatic rings. The average Bonchev–Trinajstić information content (AvgIpc) is 1.64. The molecule has 4 aromatic carbocycles. The molecule has 13 rings (SSSR count). The number of nitrogens with zero attached hydrogens (tertiary/aromatic N) is 7. The number of likely N-dealkylation sites (tertiary alicyclic amines) is 3. The Hall–Kier alpha value is -9.12. The van der Waals surface area contributed by atoms with Gasteiger partial charge in [0.1, 0.15) is 22.9 Å². The molecule has 6 aliphatic heterocycles. The number of hydrogen-bond donors (Lipinski definition) is 2. The van der Waals surface area contributed by atoms with Gasteiger partial charge in [-0.15, -0.1) is 0 Å². The lowest BCUT2D eigenvalue weighted by atomic mass is 9.79. The van der Waals surface area contributed by atoms with Gasteiger partial charge in [-0.3, -0.25) is 34.2 Å². The maximum absolute atomic E-state index is 13.4. The first kappa shape index (κ1) is 77.0. The van der Waals surface area contributed by atoms with Crippen LogP contribution in [-0.2, 0) is 53.8 Å². The van der Waals surface area contributed by atoms with E-state index in [2.05, 4.69) is 27.1 Å². The summed E-state index contributed by atoms with van der Waals surface area (Å²) < 4.78 is 149. The molecule has 3 spiro atoms. The quantitative estimate of drug-likeness (QED) is 0.0562. The number of nitrogens with one attached hydrogen (secondary N) is 2. The topological polar surface area (TPSA) is 183 Å². The van der Waals surface area contributed by atoms with Gasteiger partial charge in [0.15, 0.2) is 17.3 Å². The van der Waals surface area contributed by atoms with Gasteiger partial charge < -0.3 is 57.4 Å². The van der Waals surface area contributed by atoms with Gasteiger partial charge in [0.05, 0.1) is 68.0 Å². The van der Waals surface area contributed by atoms with Crippen LogP contribution in [0.4, 0.5) is 39.5 Å². The molecule has 3 saturated heterocycles. The van der Waals surface area contributed by atoms with Crippen LogP contribution >= 0.6 is 0 Å². The summed E-state index contributed by atoms with van der Waals surface area (Å²) in [5.74, 6) is 0.646. The minimum absolute atomic E-state index is 0. The van der Waals surface area contributed by atoms with Crippen molar-refractivity contribution >= 4 is 29.3 Å². The number of Topliss-reactive ketones (excluding diaryl/α,β-unsaturated/α-hetero) is 2. The third-order valence-corrected chi connectivity index (χ3v) is 20.7. The molecule has 105 heavy (non-hydrogen) atoms. The normalized spacial score (nSPS) is 18.1. The first-order valence-electron chi connectivity index (χ1n) is 35.1. The summed E-state index contributed by atoms with van der Waals surface area (Å²) in [6, 6.07) is 36.0. The molecule has 0 bridgehead atoms. The van der Waals surface area contributed by atoms with E-state index in [0.29, 0.717) is 135 Å². The number of carbonyl (C=O) groups is 5. The molecule has 0 radical (unpaired) electrons. The van der Waals surface area contributed by atoms with Crippen molar-refractivity contribution in [1.29, 1.82) is 0 Å². The van der Waals surface area contributed by atoms with Crippen molar-refractivity contribution in [2.24, 2.45) is 0 Å². The van der Waals surface area contributed by atoms with Crippen molar-refractivity contribution in [3.8, 4) is 28.7 Å². The van der Waals surface area contributed by atoms with Crippen molar-refractivity contribution in [2.45, 2.75) is 153 Å². The van der Waals surface area contributed by atoms with Crippen LogP contribution in [-0.4, -0.2) is 167 Å². The smallest absolute Gasteiger partial charge is 0.456 e. The molecule has 9 heterocycles. The van der Waals surface area contributed by atoms with E-state index in [-0.39, 0.29) is 56.8 Å². The van der Waals surface area contributed by atoms with Crippen molar-refractivity contribution in [1.82, 2.24) is 43.9 Å². The predicted molar refractivity (Wildman–Crippen MR) is 376 cm³/mol. The Bertz CT molecular complexity index is 4290. The van der Waals surface area contributed by atoms with Crippen LogP contribution in [0.2, 0.25) is 0 Å². The van der Waals surface area contributed by atoms with E-state index in [9.17, 15) is 63.5 Å². The molecule has 28 heteroatoms. The number of hydrogen-bond acceptors (Lipinski definition) is 13. The van der Waals surface area contributed by atoms with Gasteiger partial charge in [-0.25, -0.2) is 0 Å². The second-order valence-corrected chi connectivity index (χ2v) is 28.4. The molecule has 6 aliphatic rings. The van der Waals surface area contributed by atoms with E-state index in [1.165, 1.54) is 35.5 Å². The number of piperidine rings is 3. The number of methoxy groups -OCH3 is 2. The highest BCUT2D eigenvalue weighted by Crippen LogP contribution is 2.45. The number of ketones is 2. The Morgan fingerprint density at radius 3 is 1.67 bits per heavy atom. The molecule has 2 N–H and O–H groups in total. The zero-order valence-electron chi connectivity index (χ0n) is 60.0. The largest absolute Gasteiger partial charge is 0.496 e. The standard InChI is InChI=1S/2C26H32F3N3O4.C25H24F3N3O2.2H2/c1-16(2)36-19-8-6-17(14-20(19)35-5)23(34)31-12-10-25(11-13-31)21-9-7-18(22(33)26(27,28)29)32(21)15-24(3,4)30-25;1-18(33)21-6-7-23-25(30(2)13-14-32(21)23)8-11-31(12-9-25)24(34)19-4-5-20(22(16-19)35-3)17-36-15-10-26(27,28)29;26-25(27,28)22-11-10-21-24(29-14-17-31(21)22)12-15-30(16-13-24)23(32)18-6-8-20(9-7-18)33-19-4-2-1-3-5-19;;/h6-9,14,16,30H,10-13,15H2,1-5H3;4-7,16H,8-15,17H2,1-3H3;1-11,29H,12-17H2;2*1H. The maximum Gasteiger partial charge on any atom is 0.456 e. The second-order valence-electron chi connectivity index (χ2n) is 28.4. The Morgan fingerprint density at radius 2 is 1.09 bits per heavy atom. The highest BCUT2D eigenvalue weighted by atomic mass is 19.4. The number of rotatable bonds is 15. The van der Waals surface area contributed by atoms with E-state index >= 15 is 0 Å². The zero-order valence-corrected chi connectivity index (χ0v) is 60.0. The number of aromatic nitrogens is 3. The Balaban J connectivity index is 0.000000184. The fraction of sp³-hybridized carbons (Fsp3) is 0.468. The number of ether oxygens (including phenoxy) is 5. The number of carbonyl (C=O) groups excluding carboxylic acids is 5. The molecular formula is C77H92F9N9O10. The van der Waals surface area contributed by atoms with Gasteiger partial charge in [0.2, 0.25) is 0 Å². The lowest BCUT2D eigenvalue weighted by Gasteiger charge is -2.51. The number of alkyl halides is 9. The Labute approximate surface area is 606 Å². The minimum atomic E-state index is -4.94. The molecule has 3 fully saturated rings. The van der Waals surface area contributed by atoms with Gasteiger partial charge in [-0.1, -0.05) is 24.3 Å². The molecule has 19 nitrogen and oxygen atoms in total. The Kier molecular flexibility index (Phi) is 22.6. The molecule has 0 atom stereocenters. The lowest BCUT2D eigenvalue weighted by molar-refractivity contribution is -0.146. The number of fused-ring (bicyclic) bond motifs is 6. The van der Waals surface area contributed by atoms with Crippen molar-refractivity contribution in [2.75, 3.05) is 80.2 Å². The fourth-order valence-corrected chi connectivity index (χ4v) is 15.6. The van der Waals surface area contributed by atoms with Crippen LogP contribution in [0.5, 0.6) is 28.7 Å². The molecule has 568 valence electrons. The number of amides is 3. The first-order valence-corrected chi connectivity index (χ1v) is 35.1. The molecular weight excluding hydrogens is 1380 g/mol. The maximum atomic E-state index is 13.4. The van der Waals surface area contributed by atoms with Crippen molar-refractivity contribution < 1.29 is 90.0 Å². The van der Waals surface area contributed by atoms with Gasteiger partial charge >= 0.3 is 18.5 Å². The van der Waals surface area contributed by atoms with Crippen LogP contribution in [0.1, 0.15) is 163 Å². The average molecular weight is 1470 g/mol. The number of halogens is 9. The monoisotopic (exact) mass is 1470 g/mol. The van der Waals surface area contributed by atoms with Crippen LogP contribution in [0.25, 0.3) is 0 Å². The van der Waals surface area contributed by atoms with E-state index < -0.39 is 59.7 Å². The highest BCUT2D eigenvalue weighted by Gasteiger charge is 2.51. The van der Waals surface area contributed by atoms with Gasteiger partial charge in [0, 0.05) is 127 Å². The Morgan fingerprint density at radius 1 is 0.552 bits per heavy atom. The second kappa shape index (κ2) is 30.8. The number of likely N-dealkylation sites (N-methyl/N-ethyl adjacent to an activating group) is 1. The first-order chi connectivity index (χ1) is 49.7. The van der Waals surface area contributed by atoms with E-state index in [1.54, 1.807) is 89.5 Å². The summed E-state index contributed by atoms with van der Waals surface area (Å²) in [4.78, 5) is 71.4. The number of para-hydroxylation sites is 1. The van der Waals surface area contributed by atoms with E-state index in [0.717, 1.165) is 43.1 Å². The summed E-state index contributed by atoms with van der Waals surface area (Å²) in [7, 11) is 5.07. The van der Waals surface area contributed by atoms with Crippen LogP contribution in [0.3, 0.4) is 0 Å².